The molecular weight excluding hydrogens is 216 g/mol. The van der Waals surface area contributed by atoms with Crippen molar-refractivity contribution in [3.8, 4) is 0 Å². The van der Waals surface area contributed by atoms with E-state index >= 15 is 0 Å². The molecule has 0 radical (unpaired) electrons. The van der Waals surface area contributed by atoms with E-state index in [0.717, 1.165) is 19.3 Å². The van der Waals surface area contributed by atoms with Gasteiger partial charge in [-0.15, -0.1) is 0 Å². The quantitative estimate of drug-likeness (QED) is 0.628. The van der Waals surface area contributed by atoms with Crippen molar-refractivity contribution in [3.05, 3.63) is 0 Å². The van der Waals surface area contributed by atoms with Crippen molar-refractivity contribution in [2.24, 2.45) is 0 Å². The van der Waals surface area contributed by atoms with Crippen molar-refractivity contribution in [1.82, 2.24) is 10.6 Å². The molecule has 3 N–H and O–H groups in total. The number of amides is 1. The molecular formula is C13H26N2O2. The zero-order valence-corrected chi connectivity index (χ0v) is 11.1. The lowest BCUT2D eigenvalue weighted by Gasteiger charge is -2.29. The van der Waals surface area contributed by atoms with Crippen LogP contribution in [0.4, 0.5) is 0 Å². The minimum Gasteiger partial charge on any atom is -0.396 e. The first-order valence-electron chi connectivity index (χ1n) is 6.75. The highest BCUT2D eigenvalue weighted by molar-refractivity contribution is 5.78. The van der Waals surface area contributed by atoms with E-state index in [2.05, 4.69) is 17.6 Å². The molecule has 0 saturated heterocycles. The van der Waals surface area contributed by atoms with E-state index in [-0.39, 0.29) is 18.1 Å². The van der Waals surface area contributed by atoms with Gasteiger partial charge in [0, 0.05) is 18.2 Å². The van der Waals surface area contributed by atoms with Crippen LogP contribution in [0, 0.1) is 0 Å². The van der Waals surface area contributed by atoms with Crippen molar-refractivity contribution < 1.29 is 9.90 Å². The molecule has 0 aromatic heterocycles. The zero-order valence-electron chi connectivity index (χ0n) is 11.1. The van der Waals surface area contributed by atoms with Crippen LogP contribution in [-0.4, -0.2) is 35.7 Å². The van der Waals surface area contributed by atoms with Gasteiger partial charge in [-0.05, 0) is 32.6 Å². The first-order valence-corrected chi connectivity index (χ1v) is 6.75. The van der Waals surface area contributed by atoms with Crippen LogP contribution in [0.1, 0.15) is 52.4 Å². The summed E-state index contributed by atoms with van der Waals surface area (Å²) >= 11 is 0. The summed E-state index contributed by atoms with van der Waals surface area (Å²) in [5.74, 6) is 0.0783. The topological polar surface area (TPSA) is 61.4 Å². The van der Waals surface area contributed by atoms with Gasteiger partial charge in [-0.25, -0.2) is 0 Å². The molecule has 4 heteroatoms. The smallest absolute Gasteiger partial charge is 0.234 e. The van der Waals surface area contributed by atoms with Gasteiger partial charge in [0.1, 0.15) is 0 Å². The van der Waals surface area contributed by atoms with Crippen molar-refractivity contribution in [1.29, 1.82) is 0 Å². The highest BCUT2D eigenvalue weighted by Gasteiger charge is 2.22. The number of aliphatic hydroxyl groups is 1. The molecule has 1 saturated carbocycles. The fourth-order valence-corrected chi connectivity index (χ4v) is 2.28. The molecule has 1 aliphatic carbocycles. The predicted molar refractivity (Wildman–Crippen MR) is 68.8 cm³/mol. The van der Waals surface area contributed by atoms with Gasteiger partial charge in [0.25, 0.3) is 0 Å². The lowest BCUT2D eigenvalue weighted by atomic mass is 9.95. The van der Waals surface area contributed by atoms with Crippen LogP contribution in [0.25, 0.3) is 0 Å². The van der Waals surface area contributed by atoms with Gasteiger partial charge in [0.2, 0.25) is 5.91 Å². The van der Waals surface area contributed by atoms with Crippen LogP contribution in [0.15, 0.2) is 0 Å². The third-order valence-corrected chi connectivity index (χ3v) is 3.84. The molecule has 0 heterocycles. The van der Waals surface area contributed by atoms with E-state index in [4.69, 9.17) is 5.11 Å². The fourth-order valence-electron chi connectivity index (χ4n) is 2.28. The zero-order chi connectivity index (χ0) is 12.7. The second-order valence-corrected chi connectivity index (χ2v) is 5.29. The summed E-state index contributed by atoms with van der Waals surface area (Å²) in [6, 6.07) is 0.384. The number of rotatable bonds is 7. The predicted octanol–water partition coefficient (Wildman–Crippen LogP) is 1.19. The van der Waals surface area contributed by atoms with E-state index in [9.17, 15) is 4.79 Å². The Morgan fingerprint density at radius 3 is 2.59 bits per heavy atom. The van der Waals surface area contributed by atoms with Gasteiger partial charge in [-0.1, -0.05) is 19.8 Å². The molecule has 1 fully saturated rings. The molecule has 1 rings (SSSR count). The highest BCUT2D eigenvalue weighted by atomic mass is 16.3. The number of carbonyl (C=O) groups is 1. The summed E-state index contributed by atoms with van der Waals surface area (Å²) in [6.45, 7) is 4.62. The summed E-state index contributed by atoms with van der Waals surface area (Å²) in [5.41, 5.74) is -0.137. The minimum absolute atomic E-state index is 0.0783. The number of carbonyl (C=O) groups excluding carboxylic acids is 1. The molecule has 1 aliphatic rings. The van der Waals surface area contributed by atoms with Crippen LogP contribution in [0.3, 0.4) is 0 Å². The fraction of sp³-hybridized carbons (Fsp3) is 0.923. The van der Waals surface area contributed by atoms with E-state index in [1.807, 2.05) is 6.92 Å². The molecule has 0 spiro atoms. The molecule has 1 unspecified atom stereocenters. The van der Waals surface area contributed by atoms with E-state index in [1.165, 1.54) is 12.8 Å². The molecule has 0 aromatic rings. The molecule has 4 nitrogen and oxygen atoms in total. The van der Waals surface area contributed by atoms with Crippen LogP contribution in [0.5, 0.6) is 0 Å². The van der Waals surface area contributed by atoms with Gasteiger partial charge in [0.05, 0.1) is 6.54 Å². The van der Waals surface area contributed by atoms with Crippen LogP contribution < -0.4 is 10.6 Å². The standard InChI is InChI=1S/C13H26N2O2/c1-3-13(2,8-9-16)14-10-12(17)15-11-6-4-5-7-11/h11,14,16H,3-10H2,1-2H3,(H,15,17). The van der Waals surface area contributed by atoms with Gasteiger partial charge in [-0.2, -0.15) is 0 Å². The maximum Gasteiger partial charge on any atom is 0.234 e. The van der Waals surface area contributed by atoms with Crippen molar-refractivity contribution >= 4 is 5.91 Å². The molecule has 1 atom stereocenters. The Kier molecular flexibility index (Phi) is 5.92. The molecule has 0 aliphatic heterocycles. The Hall–Kier alpha value is -0.610. The van der Waals surface area contributed by atoms with Crippen molar-refractivity contribution in [2.75, 3.05) is 13.2 Å². The Morgan fingerprint density at radius 2 is 2.06 bits per heavy atom. The van der Waals surface area contributed by atoms with Crippen LogP contribution in [-0.2, 0) is 4.79 Å². The Balaban J connectivity index is 2.25. The average Bonchev–Trinajstić information content (AvgIpc) is 2.80. The van der Waals surface area contributed by atoms with Crippen LogP contribution in [0.2, 0.25) is 0 Å². The summed E-state index contributed by atoms with van der Waals surface area (Å²) in [6.07, 6.45) is 6.29. The maximum atomic E-state index is 11.7. The Labute approximate surface area is 104 Å². The van der Waals surface area contributed by atoms with Crippen molar-refractivity contribution in [2.45, 2.75) is 64.0 Å². The molecule has 0 aromatic carbocycles. The first-order chi connectivity index (χ1) is 8.09. The first kappa shape index (κ1) is 14.5. The average molecular weight is 242 g/mol. The van der Waals surface area contributed by atoms with E-state index in [1.54, 1.807) is 0 Å². The number of hydrogen-bond donors (Lipinski definition) is 3. The van der Waals surface area contributed by atoms with E-state index < -0.39 is 0 Å². The molecule has 17 heavy (non-hydrogen) atoms. The largest absolute Gasteiger partial charge is 0.396 e. The van der Waals surface area contributed by atoms with Gasteiger partial charge >= 0.3 is 0 Å². The lowest BCUT2D eigenvalue weighted by Crippen LogP contribution is -2.48. The van der Waals surface area contributed by atoms with Gasteiger partial charge in [-0.3, -0.25) is 4.79 Å². The second-order valence-electron chi connectivity index (χ2n) is 5.29. The number of nitrogens with one attached hydrogen (secondary N) is 2. The second kappa shape index (κ2) is 6.97. The van der Waals surface area contributed by atoms with Gasteiger partial charge in [0.15, 0.2) is 0 Å². The lowest BCUT2D eigenvalue weighted by molar-refractivity contribution is -0.121. The molecule has 1 amide bonds. The van der Waals surface area contributed by atoms with Crippen LogP contribution >= 0.6 is 0 Å². The number of aliphatic hydroxyl groups excluding tert-OH is 1. The number of hydrogen-bond acceptors (Lipinski definition) is 3. The summed E-state index contributed by atoms with van der Waals surface area (Å²) in [5, 5.41) is 15.3. The van der Waals surface area contributed by atoms with Gasteiger partial charge < -0.3 is 15.7 Å². The Morgan fingerprint density at radius 1 is 1.41 bits per heavy atom. The summed E-state index contributed by atoms with van der Waals surface area (Å²) in [7, 11) is 0. The third-order valence-electron chi connectivity index (χ3n) is 3.84. The monoisotopic (exact) mass is 242 g/mol. The maximum absolute atomic E-state index is 11.7. The van der Waals surface area contributed by atoms with Crippen molar-refractivity contribution in [3.63, 3.8) is 0 Å². The van der Waals surface area contributed by atoms with E-state index in [0.29, 0.717) is 19.0 Å². The normalized spacial score (nSPS) is 20.2. The molecule has 100 valence electrons. The highest BCUT2D eigenvalue weighted by Crippen LogP contribution is 2.17. The minimum atomic E-state index is -0.137. The Bertz CT molecular complexity index is 240. The third kappa shape index (κ3) is 5.04. The summed E-state index contributed by atoms with van der Waals surface area (Å²) in [4.78, 5) is 11.7. The summed E-state index contributed by atoms with van der Waals surface area (Å²) < 4.78 is 0. The SMILES string of the molecule is CCC(C)(CCO)NCC(=O)NC1CCCC1. The molecule has 0 bridgehead atoms.